The predicted molar refractivity (Wildman–Crippen MR) is 53.6 cm³/mol. The van der Waals surface area contributed by atoms with Gasteiger partial charge >= 0.3 is 5.69 Å². The van der Waals surface area contributed by atoms with E-state index in [0.29, 0.717) is 6.20 Å². The average molecular weight is 287 g/mol. The van der Waals surface area contributed by atoms with E-state index in [-0.39, 0.29) is 5.69 Å². The third-order valence-electron chi connectivity index (χ3n) is 1.88. The summed E-state index contributed by atoms with van der Waals surface area (Å²) in [6, 6.07) is 0. The summed E-state index contributed by atoms with van der Waals surface area (Å²) < 4.78 is 47.4. The second kappa shape index (κ2) is 4.49. The van der Waals surface area contributed by atoms with Gasteiger partial charge in [-0.3, -0.25) is 15.1 Å². The quantitative estimate of drug-likeness (QED) is 0.482. The highest BCUT2D eigenvalue weighted by Gasteiger charge is 2.34. The monoisotopic (exact) mass is 286 g/mol. The van der Waals surface area contributed by atoms with E-state index in [0.717, 1.165) is 6.92 Å². The van der Waals surface area contributed by atoms with E-state index in [1.807, 2.05) is 0 Å². The molecule has 0 radical (unpaired) electrons. The van der Waals surface area contributed by atoms with Crippen LogP contribution in [-0.2, 0) is 9.05 Å². The van der Waals surface area contributed by atoms with Crippen LogP contribution in [0.3, 0.4) is 0 Å². The van der Waals surface area contributed by atoms with Gasteiger partial charge in [0.1, 0.15) is 5.69 Å². The summed E-state index contributed by atoms with van der Waals surface area (Å²) in [6.45, 7) is 1.12. The van der Waals surface area contributed by atoms with Crippen molar-refractivity contribution in [1.29, 1.82) is 0 Å². The molecule has 1 heterocycles. The minimum absolute atomic E-state index is 0.307. The van der Waals surface area contributed by atoms with E-state index in [1.165, 1.54) is 0 Å². The SMILES string of the molecule is Cc1ncc(C(F)F)c(S(=O)(=O)Cl)c1[N+](=O)[O-]. The van der Waals surface area contributed by atoms with Crippen LogP contribution in [0, 0.1) is 17.0 Å². The van der Waals surface area contributed by atoms with Crippen molar-refractivity contribution in [2.45, 2.75) is 18.2 Å². The fourth-order valence-corrected chi connectivity index (χ4v) is 2.58. The zero-order chi connectivity index (χ0) is 13.4. The standard InChI is InChI=1S/C7H5ClF2N2O4S/c1-3-5(12(13)14)6(17(8,15)16)4(2-11-3)7(9)10/h2,7H,1H3. The lowest BCUT2D eigenvalue weighted by Gasteiger charge is -2.07. The molecule has 1 aromatic rings. The molecule has 0 amide bonds. The third kappa shape index (κ3) is 2.67. The Bertz CT molecular complexity index is 575. The lowest BCUT2D eigenvalue weighted by atomic mass is 10.2. The molecule has 0 bridgehead atoms. The van der Waals surface area contributed by atoms with Gasteiger partial charge < -0.3 is 0 Å². The molecular weight excluding hydrogens is 282 g/mol. The zero-order valence-electron chi connectivity index (χ0n) is 8.22. The third-order valence-corrected chi connectivity index (χ3v) is 3.26. The van der Waals surface area contributed by atoms with E-state index >= 15 is 0 Å². The first-order chi connectivity index (χ1) is 7.66. The van der Waals surface area contributed by atoms with E-state index in [2.05, 4.69) is 4.98 Å². The number of pyridine rings is 1. The summed E-state index contributed by atoms with van der Waals surface area (Å²) in [5.41, 5.74) is -2.42. The van der Waals surface area contributed by atoms with Crippen molar-refractivity contribution in [3.63, 3.8) is 0 Å². The Morgan fingerprint density at radius 1 is 1.53 bits per heavy atom. The fourth-order valence-electron chi connectivity index (χ4n) is 1.21. The highest BCUT2D eigenvalue weighted by molar-refractivity contribution is 8.13. The summed E-state index contributed by atoms with van der Waals surface area (Å²) in [6.07, 6.45) is -2.67. The van der Waals surface area contributed by atoms with Crippen LogP contribution in [0.4, 0.5) is 14.5 Å². The molecule has 6 nitrogen and oxygen atoms in total. The Morgan fingerprint density at radius 2 is 2.06 bits per heavy atom. The number of nitro groups is 1. The normalized spacial score (nSPS) is 11.8. The molecule has 0 aliphatic carbocycles. The van der Waals surface area contributed by atoms with Crippen LogP contribution in [0.25, 0.3) is 0 Å². The minimum Gasteiger partial charge on any atom is -0.258 e. The number of hydrogen-bond donors (Lipinski definition) is 0. The first-order valence-corrected chi connectivity index (χ1v) is 6.34. The topological polar surface area (TPSA) is 90.2 Å². The van der Waals surface area contributed by atoms with Crippen molar-refractivity contribution in [2.24, 2.45) is 0 Å². The van der Waals surface area contributed by atoms with Crippen LogP contribution in [0.1, 0.15) is 17.7 Å². The molecule has 0 fully saturated rings. The van der Waals surface area contributed by atoms with Gasteiger partial charge in [-0.05, 0) is 6.92 Å². The zero-order valence-corrected chi connectivity index (χ0v) is 9.80. The maximum absolute atomic E-state index is 12.5. The molecule has 17 heavy (non-hydrogen) atoms. The van der Waals surface area contributed by atoms with Crippen LogP contribution < -0.4 is 0 Å². The molecule has 1 rings (SSSR count). The van der Waals surface area contributed by atoms with Crippen molar-refractivity contribution in [3.8, 4) is 0 Å². The molecular formula is C7H5ClF2N2O4S. The number of rotatable bonds is 3. The molecule has 94 valence electrons. The van der Waals surface area contributed by atoms with Gasteiger partial charge in [-0.15, -0.1) is 0 Å². The van der Waals surface area contributed by atoms with Crippen LogP contribution in [0.15, 0.2) is 11.1 Å². The molecule has 0 unspecified atom stereocenters. The van der Waals surface area contributed by atoms with Crippen LogP contribution in [0.5, 0.6) is 0 Å². The molecule has 0 aliphatic rings. The van der Waals surface area contributed by atoms with Gasteiger partial charge in [0.2, 0.25) is 0 Å². The molecule has 1 aromatic heterocycles. The van der Waals surface area contributed by atoms with Gasteiger partial charge in [-0.1, -0.05) is 0 Å². The Kier molecular flexibility index (Phi) is 3.62. The maximum Gasteiger partial charge on any atom is 0.310 e. The number of alkyl halides is 2. The van der Waals surface area contributed by atoms with Crippen molar-refractivity contribution in [2.75, 3.05) is 0 Å². The highest BCUT2D eigenvalue weighted by Crippen LogP contribution is 2.36. The van der Waals surface area contributed by atoms with Gasteiger partial charge in [0.15, 0.2) is 4.90 Å². The second-order valence-corrected chi connectivity index (χ2v) is 5.48. The largest absolute Gasteiger partial charge is 0.310 e. The maximum atomic E-state index is 12.5. The summed E-state index contributed by atoms with van der Waals surface area (Å²) in [5, 5.41) is 10.7. The highest BCUT2D eigenvalue weighted by atomic mass is 35.7. The first-order valence-electron chi connectivity index (χ1n) is 4.03. The molecule has 10 heteroatoms. The van der Waals surface area contributed by atoms with E-state index < -0.39 is 36.5 Å². The van der Waals surface area contributed by atoms with E-state index in [4.69, 9.17) is 10.7 Å². The van der Waals surface area contributed by atoms with Crippen LogP contribution in [-0.4, -0.2) is 18.3 Å². The first kappa shape index (κ1) is 13.7. The molecule has 0 spiro atoms. The summed E-state index contributed by atoms with van der Waals surface area (Å²) >= 11 is 0. The van der Waals surface area contributed by atoms with Gasteiger partial charge in [0.05, 0.1) is 10.5 Å². The predicted octanol–water partition coefficient (Wildman–Crippen LogP) is 2.16. The molecule has 0 atom stereocenters. The lowest BCUT2D eigenvalue weighted by molar-refractivity contribution is -0.388. The summed E-state index contributed by atoms with van der Waals surface area (Å²) in [4.78, 5) is 11.7. The summed E-state index contributed by atoms with van der Waals surface area (Å²) in [5.74, 6) is 0. The molecule has 0 N–H and O–H groups in total. The van der Waals surface area contributed by atoms with Gasteiger partial charge in [-0.25, -0.2) is 17.2 Å². The van der Waals surface area contributed by atoms with Crippen molar-refractivity contribution < 1.29 is 22.1 Å². The smallest absolute Gasteiger partial charge is 0.258 e. The average Bonchev–Trinajstić information content (AvgIpc) is 2.14. The van der Waals surface area contributed by atoms with Crippen molar-refractivity contribution >= 4 is 25.4 Å². The Morgan fingerprint density at radius 3 is 2.41 bits per heavy atom. The van der Waals surface area contributed by atoms with Crippen molar-refractivity contribution in [1.82, 2.24) is 4.98 Å². The van der Waals surface area contributed by atoms with Crippen LogP contribution in [0.2, 0.25) is 0 Å². The minimum atomic E-state index is -4.67. The van der Waals surface area contributed by atoms with Crippen molar-refractivity contribution in [3.05, 3.63) is 27.6 Å². The Balaban J connectivity index is 3.82. The van der Waals surface area contributed by atoms with Gasteiger partial charge in [0.25, 0.3) is 15.5 Å². The number of hydrogen-bond acceptors (Lipinski definition) is 5. The molecule has 0 saturated heterocycles. The van der Waals surface area contributed by atoms with Crippen LogP contribution >= 0.6 is 10.7 Å². The van der Waals surface area contributed by atoms with E-state index in [9.17, 15) is 27.3 Å². The van der Waals surface area contributed by atoms with Gasteiger partial charge in [-0.2, -0.15) is 0 Å². The Labute approximate surface area is 98.8 Å². The molecule has 0 aromatic carbocycles. The van der Waals surface area contributed by atoms with Gasteiger partial charge in [0, 0.05) is 16.9 Å². The Hall–Kier alpha value is -1.35. The summed E-state index contributed by atoms with van der Waals surface area (Å²) in [7, 11) is 0.270. The second-order valence-electron chi connectivity index (χ2n) is 2.97. The fraction of sp³-hybridized carbons (Fsp3) is 0.286. The molecule has 0 aliphatic heterocycles. The number of halogens is 3. The van der Waals surface area contributed by atoms with E-state index in [1.54, 1.807) is 0 Å². The lowest BCUT2D eigenvalue weighted by Crippen LogP contribution is -2.07. The number of nitrogens with zero attached hydrogens (tertiary/aromatic N) is 2. The molecule has 0 saturated carbocycles. The number of aryl methyl sites for hydroxylation is 1. The number of aromatic nitrogens is 1.